The van der Waals surface area contributed by atoms with Crippen molar-refractivity contribution in [3.05, 3.63) is 46.2 Å². The van der Waals surface area contributed by atoms with Crippen LogP contribution in [0.5, 0.6) is 5.75 Å². The van der Waals surface area contributed by atoms with Gasteiger partial charge in [0, 0.05) is 13.1 Å². The summed E-state index contributed by atoms with van der Waals surface area (Å²) in [6.07, 6.45) is 2.61. The average molecular weight is 438 g/mol. The molecule has 1 aromatic heterocycles. The monoisotopic (exact) mass is 437 g/mol. The number of thiophene rings is 1. The lowest BCUT2D eigenvalue weighted by molar-refractivity contribution is -0.123. The zero-order chi connectivity index (χ0) is 20.9. The van der Waals surface area contributed by atoms with E-state index in [9.17, 15) is 18.0 Å². The summed E-state index contributed by atoms with van der Waals surface area (Å²) in [5.74, 6) is -0.698. The third-order valence-corrected chi connectivity index (χ3v) is 7.43. The van der Waals surface area contributed by atoms with Gasteiger partial charge in [0.05, 0.1) is 0 Å². The molecule has 29 heavy (non-hydrogen) atoms. The van der Waals surface area contributed by atoms with Gasteiger partial charge in [-0.2, -0.15) is 4.31 Å². The molecule has 1 aromatic carbocycles. The molecule has 1 aliphatic rings. The number of hydrogen-bond donors (Lipinski definition) is 2. The summed E-state index contributed by atoms with van der Waals surface area (Å²) in [6.45, 7) is 2.52. The van der Waals surface area contributed by atoms with E-state index < -0.39 is 21.8 Å². The van der Waals surface area contributed by atoms with Crippen LogP contribution in [0.25, 0.3) is 0 Å². The lowest BCUT2D eigenvalue weighted by Gasteiger charge is -2.25. The van der Waals surface area contributed by atoms with Crippen molar-refractivity contribution in [1.82, 2.24) is 15.2 Å². The molecule has 8 nitrogen and oxygen atoms in total. The normalized spacial score (nSPS) is 14.9. The van der Waals surface area contributed by atoms with Gasteiger partial charge in [-0.3, -0.25) is 20.4 Å². The molecule has 1 aliphatic heterocycles. The fourth-order valence-corrected chi connectivity index (χ4v) is 5.80. The number of sulfonamides is 1. The van der Waals surface area contributed by atoms with Crippen molar-refractivity contribution >= 4 is 33.2 Å². The van der Waals surface area contributed by atoms with E-state index in [0.29, 0.717) is 18.8 Å². The quantitative estimate of drug-likeness (QED) is 0.673. The third-order valence-electron chi connectivity index (χ3n) is 4.44. The van der Waals surface area contributed by atoms with Crippen molar-refractivity contribution in [2.24, 2.45) is 0 Å². The molecule has 0 unspecified atom stereocenters. The molecule has 10 heteroatoms. The summed E-state index contributed by atoms with van der Waals surface area (Å²) < 4.78 is 32.5. The van der Waals surface area contributed by atoms with Crippen LogP contribution in [0.1, 0.15) is 34.5 Å². The van der Waals surface area contributed by atoms with Crippen LogP contribution in [-0.2, 0) is 14.8 Å². The van der Waals surface area contributed by atoms with Gasteiger partial charge >= 0.3 is 0 Å². The largest absolute Gasteiger partial charge is 0.484 e. The number of benzene rings is 1. The number of carbonyl (C=O) groups is 2. The Balaban J connectivity index is 1.57. The number of nitrogens with zero attached hydrogens (tertiary/aromatic N) is 1. The summed E-state index contributed by atoms with van der Waals surface area (Å²) in [6, 6.07) is 8.65. The van der Waals surface area contributed by atoms with Gasteiger partial charge < -0.3 is 4.74 Å². The van der Waals surface area contributed by atoms with Gasteiger partial charge in [-0.05, 0) is 48.9 Å². The maximum absolute atomic E-state index is 12.8. The smallest absolute Gasteiger partial charge is 0.281 e. The van der Waals surface area contributed by atoms with Crippen molar-refractivity contribution < 1.29 is 22.7 Å². The molecule has 0 atom stereocenters. The molecule has 2 aromatic rings. The maximum Gasteiger partial charge on any atom is 0.281 e. The first kappa shape index (κ1) is 21.3. The van der Waals surface area contributed by atoms with Gasteiger partial charge in [-0.1, -0.05) is 18.6 Å². The van der Waals surface area contributed by atoms with E-state index in [-0.39, 0.29) is 16.4 Å². The minimum absolute atomic E-state index is 0.0350. The Morgan fingerprint density at radius 2 is 1.90 bits per heavy atom. The summed E-state index contributed by atoms with van der Waals surface area (Å²) in [4.78, 5) is 24.4. The van der Waals surface area contributed by atoms with Crippen LogP contribution in [0.4, 0.5) is 0 Å². The van der Waals surface area contributed by atoms with Crippen molar-refractivity contribution in [3.63, 3.8) is 0 Å². The van der Waals surface area contributed by atoms with Gasteiger partial charge in [-0.25, -0.2) is 8.42 Å². The Hall–Kier alpha value is -2.43. The standard InChI is InChI=1S/C19H23N3O5S2/c1-14-6-5-7-15(12-14)27-13-17(23)20-21-19(24)18-16(8-11-28-18)29(25,26)22-9-3-2-4-10-22/h5-8,11-12H,2-4,9-10,13H2,1H3,(H,20,23)(H,21,24). The number of piperidine rings is 1. The van der Waals surface area contributed by atoms with E-state index >= 15 is 0 Å². The zero-order valence-electron chi connectivity index (χ0n) is 16.0. The number of hydrazine groups is 1. The molecular formula is C19H23N3O5S2. The number of rotatable bonds is 6. The Kier molecular flexibility index (Phi) is 6.88. The molecule has 3 rings (SSSR count). The molecule has 1 saturated heterocycles. The summed E-state index contributed by atoms with van der Waals surface area (Å²) >= 11 is 1.01. The van der Waals surface area contributed by atoms with Crippen LogP contribution >= 0.6 is 11.3 Å². The van der Waals surface area contributed by atoms with Crippen molar-refractivity contribution in [2.45, 2.75) is 31.1 Å². The van der Waals surface area contributed by atoms with Crippen LogP contribution < -0.4 is 15.6 Å². The van der Waals surface area contributed by atoms with E-state index in [2.05, 4.69) is 10.9 Å². The second-order valence-corrected chi connectivity index (χ2v) is 9.51. The van der Waals surface area contributed by atoms with Gasteiger partial charge in [0.1, 0.15) is 15.5 Å². The van der Waals surface area contributed by atoms with E-state index in [0.717, 1.165) is 36.2 Å². The highest BCUT2D eigenvalue weighted by atomic mass is 32.2. The number of aryl methyl sites for hydroxylation is 1. The van der Waals surface area contributed by atoms with E-state index in [1.807, 2.05) is 19.1 Å². The maximum atomic E-state index is 12.8. The fraction of sp³-hybridized carbons (Fsp3) is 0.368. The van der Waals surface area contributed by atoms with E-state index in [1.54, 1.807) is 17.5 Å². The Morgan fingerprint density at radius 3 is 2.62 bits per heavy atom. The van der Waals surface area contributed by atoms with Crippen molar-refractivity contribution in [1.29, 1.82) is 0 Å². The number of amides is 2. The molecule has 2 amide bonds. The molecule has 156 valence electrons. The van der Waals surface area contributed by atoms with E-state index in [4.69, 9.17) is 4.74 Å². The highest BCUT2D eigenvalue weighted by Crippen LogP contribution is 2.27. The average Bonchev–Trinajstić information content (AvgIpc) is 3.22. The highest BCUT2D eigenvalue weighted by Gasteiger charge is 2.31. The SMILES string of the molecule is Cc1cccc(OCC(=O)NNC(=O)c2sccc2S(=O)(=O)N2CCCCC2)c1. The highest BCUT2D eigenvalue weighted by molar-refractivity contribution is 7.89. The molecule has 0 saturated carbocycles. The number of hydrogen-bond acceptors (Lipinski definition) is 6. The van der Waals surface area contributed by atoms with Gasteiger partial charge in [0.25, 0.3) is 11.8 Å². The molecule has 0 spiro atoms. The Labute approximate surface area is 173 Å². The van der Waals surface area contributed by atoms with Crippen molar-refractivity contribution in [3.8, 4) is 5.75 Å². The Morgan fingerprint density at radius 1 is 1.14 bits per heavy atom. The van der Waals surface area contributed by atoms with Crippen LogP contribution in [0.3, 0.4) is 0 Å². The minimum atomic E-state index is -3.74. The summed E-state index contributed by atoms with van der Waals surface area (Å²) in [5, 5.41) is 1.55. The molecule has 2 N–H and O–H groups in total. The van der Waals surface area contributed by atoms with Crippen LogP contribution in [-0.4, -0.2) is 44.2 Å². The van der Waals surface area contributed by atoms with Gasteiger partial charge in [0.2, 0.25) is 10.0 Å². The van der Waals surface area contributed by atoms with Gasteiger partial charge in [-0.15, -0.1) is 11.3 Å². The number of ether oxygens (including phenoxy) is 1. The number of carbonyl (C=O) groups excluding carboxylic acids is 2. The number of nitrogens with one attached hydrogen (secondary N) is 2. The lowest BCUT2D eigenvalue weighted by atomic mass is 10.2. The molecule has 1 fully saturated rings. The first-order valence-corrected chi connectivity index (χ1v) is 11.6. The van der Waals surface area contributed by atoms with Crippen LogP contribution in [0.2, 0.25) is 0 Å². The first-order chi connectivity index (χ1) is 13.9. The zero-order valence-corrected chi connectivity index (χ0v) is 17.6. The van der Waals surface area contributed by atoms with Crippen molar-refractivity contribution in [2.75, 3.05) is 19.7 Å². The summed E-state index contributed by atoms with van der Waals surface area (Å²) in [7, 11) is -3.74. The van der Waals surface area contributed by atoms with E-state index in [1.165, 1.54) is 10.4 Å². The minimum Gasteiger partial charge on any atom is -0.484 e. The topological polar surface area (TPSA) is 105 Å². The second-order valence-electron chi connectivity index (χ2n) is 6.69. The predicted octanol–water partition coefficient (Wildman–Crippen LogP) is 2.07. The molecule has 0 bridgehead atoms. The molecular weight excluding hydrogens is 414 g/mol. The van der Waals surface area contributed by atoms with Crippen LogP contribution in [0, 0.1) is 6.92 Å². The predicted molar refractivity (Wildman–Crippen MR) is 109 cm³/mol. The second kappa shape index (κ2) is 9.38. The third kappa shape index (κ3) is 5.34. The fourth-order valence-electron chi connectivity index (χ4n) is 2.98. The molecule has 0 aliphatic carbocycles. The molecule has 0 radical (unpaired) electrons. The Bertz CT molecular complexity index is 981. The van der Waals surface area contributed by atoms with Crippen LogP contribution in [0.15, 0.2) is 40.6 Å². The first-order valence-electron chi connectivity index (χ1n) is 9.24. The lowest BCUT2D eigenvalue weighted by Crippen LogP contribution is -2.44. The summed E-state index contributed by atoms with van der Waals surface area (Å²) in [5.41, 5.74) is 5.50. The van der Waals surface area contributed by atoms with Gasteiger partial charge in [0.15, 0.2) is 6.61 Å². The molecule has 2 heterocycles.